The third kappa shape index (κ3) is 5.80. The van der Waals surface area contributed by atoms with Gasteiger partial charge in [0.1, 0.15) is 0 Å². The fourth-order valence-electron chi connectivity index (χ4n) is 3.03. The fourth-order valence-corrected chi connectivity index (χ4v) is 4.76. The van der Waals surface area contributed by atoms with E-state index in [9.17, 15) is 4.79 Å². The minimum atomic E-state index is 0.0360. The number of aromatic nitrogens is 2. The van der Waals surface area contributed by atoms with Crippen LogP contribution in [0.15, 0.2) is 34.7 Å². The maximum atomic E-state index is 12.3. The van der Waals surface area contributed by atoms with Crippen molar-refractivity contribution in [2.75, 3.05) is 18.4 Å². The van der Waals surface area contributed by atoms with Gasteiger partial charge in [-0.05, 0) is 43.3 Å². The number of hydrogen-bond donors (Lipinski definition) is 2. The summed E-state index contributed by atoms with van der Waals surface area (Å²) in [7, 11) is 0. The Balaban J connectivity index is 1.44. The molecular weight excluding hydrogens is 352 g/mol. The van der Waals surface area contributed by atoms with E-state index in [1.807, 2.05) is 18.2 Å². The average molecular weight is 377 g/mol. The van der Waals surface area contributed by atoms with Crippen molar-refractivity contribution in [1.29, 1.82) is 0 Å². The van der Waals surface area contributed by atoms with Crippen LogP contribution in [0.4, 0.5) is 5.13 Å². The van der Waals surface area contributed by atoms with E-state index in [1.165, 1.54) is 29.7 Å². The van der Waals surface area contributed by atoms with E-state index in [0.717, 1.165) is 23.2 Å². The molecule has 2 N–H and O–H groups in total. The molecule has 1 saturated heterocycles. The molecule has 7 heteroatoms. The van der Waals surface area contributed by atoms with E-state index in [-0.39, 0.29) is 5.91 Å². The van der Waals surface area contributed by atoms with Crippen molar-refractivity contribution in [3.63, 3.8) is 0 Å². The molecule has 134 valence electrons. The van der Waals surface area contributed by atoms with Crippen LogP contribution >= 0.6 is 23.1 Å². The monoisotopic (exact) mass is 376 g/mol. The summed E-state index contributed by atoms with van der Waals surface area (Å²) in [5, 5.41) is 15.2. The summed E-state index contributed by atoms with van der Waals surface area (Å²) < 4.78 is 0.878. The minimum absolute atomic E-state index is 0.0360. The molecule has 1 aliphatic heterocycles. The Morgan fingerprint density at radius 2 is 2.24 bits per heavy atom. The minimum Gasteiger partial charge on any atom is -0.316 e. The predicted octanol–water partition coefficient (Wildman–Crippen LogP) is 3.79. The van der Waals surface area contributed by atoms with Crippen LogP contribution in [0.5, 0.6) is 0 Å². The molecule has 1 amide bonds. The van der Waals surface area contributed by atoms with Crippen molar-refractivity contribution >= 4 is 34.1 Å². The van der Waals surface area contributed by atoms with Crippen molar-refractivity contribution in [2.24, 2.45) is 11.8 Å². The first-order valence-corrected chi connectivity index (χ1v) is 10.5. The average Bonchev–Trinajstić information content (AvgIpc) is 3.08. The first kappa shape index (κ1) is 18.4. The molecule has 0 saturated carbocycles. The van der Waals surface area contributed by atoms with Crippen molar-refractivity contribution < 1.29 is 4.79 Å². The van der Waals surface area contributed by atoms with E-state index in [4.69, 9.17) is 0 Å². The topological polar surface area (TPSA) is 66.9 Å². The van der Waals surface area contributed by atoms with Gasteiger partial charge in [0, 0.05) is 12.2 Å². The molecule has 2 heterocycles. The van der Waals surface area contributed by atoms with Gasteiger partial charge in [0.25, 0.3) is 0 Å². The summed E-state index contributed by atoms with van der Waals surface area (Å²) >= 11 is 3.08. The van der Waals surface area contributed by atoms with Gasteiger partial charge >= 0.3 is 0 Å². The molecule has 25 heavy (non-hydrogen) atoms. The van der Waals surface area contributed by atoms with Gasteiger partial charge in [0.2, 0.25) is 11.0 Å². The second kappa shape index (κ2) is 9.31. The van der Waals surface area contributed by atoms with E-state index in [2.05, 4.69) is 39.9 Å². The van der Waals surface area contributed by atoms with Crippen molar-refractivity contribution in [3.05, 3.63) is 35.9 Å². The summed E-state index contributed by atoms with van der Waals surface area (Å²) in [6, 6.07) is 10.3. The number of thioether (sulfide) groups is 1. The Kier molecular flexibility index (Phi) is 6.84. The highest BCUT2D eigenvalue weighted by Crippen LogP contribution is 2.29. The molecule has 2 aromatic rings. The smallest absolute Gasteiger partial charge is 0.226 e. The van der Waals surface area contributed by atoms with Gasteiger partial charge in [-0.25, -0.2) is 0 Å². The van der Waals surface area contributed by atoms with Crippen molar-refractivity contribution in [2.45, 2.75) is 36.3 Å². The first-order valence-electron chi connectivity index (χ1n) is 8.71. The number of nitrogens with zero attached hydrogens (tertiary/aromatic N) is 2. The van der Waals surface area contributed by atoms with Gasteiger partial charge in [0.05, 0.1) is 0 Å². The van der Waals surface area contributed by atoms with Gasteiger partial charge in [-0.1, -0.05) is 60.4 Å². The highest BCUT2D eigenvalue weighted by atomic mass is 32.2. The zero-order valence-corrected chi connectivity index (χ0v) is 16.0. The summed E-state index contributed by atoms with van der Waals surface area (Å²) in [6.45, 7) is 4.29. The summed E-state index contributed by atoms with van der Waals surface area (Å²) in [5.74, 6) is 1.86. The maximum absolute atomic E-state index is 12.3. The highest BCUT2D eigenvalue weighted by molar-refractivity contribution is 8.00. The number of piperidine rings is 1. The quantitative estimate of drug-likeness (QED) is 0.568. The number of amides is 1. The third-order valence-corrected chi connectivity index (χ3v) is 6.55. The molecule has 1 fully saturated rings. The lowest BCUT2D eigenvalue weighted by molar-refractivity contribution is -0.117. The fraction of sp³-hybridized carbons (Fsp3) is 0.500. The van der Waals surface area contributed by atoms with Crippen LogP contribution in [0.2, 0.25) is 0 Å². The largest absolute Gasteiger partial charge is 0.316 e. The lowest BCUT2D eigenvalue weighted by atomic mass is 9.85. The molecule has 0 spiro atoms. The second-order valence-electron chi connectivity index (χ2n) is 6.48. The van der Waals surface area contributed by atoms with Gasteiger partial charge < -0.3 is 10.6 Å². The summed E-state index contributed by atoms with van der Waals surface area (Å²) in [6.07, 6.45) is 2.95. The van der Waals surface area contributed by atoms with Crippen LogP contribution in [0.3, 0.4) is 0 Å². The summed E-state index contributed by atoms with van der Waals surface area (Å²) in [4.78, 5) is 12.3. The Labute approximate surface area is 157 Å². The number of nitrogens with one attached hydrogen (secondary N) is 2. The normalized spacial score (nSPS) is 18.7. The Morgan fingerprint density at radius 3 is 3.00 bits per heavy atom. The van der Waals surface area contributed by atoms with E-state index in [1.54, 1.807) is 11.8 Å². The second-order valence-corrected chi connectivity index (χ2v) is 8.68. The van der Waals surface area contributed by atoms with Crippen LogP contribution in [0, 0.1) is 11.8 Å². The zero-order chi connectivity index (χ0) is 17.5. The predicted molar refractivity (Wildman–Crippen MR) is 104 cm³/mol. The van der Waals surface area contributed by atoms with Crippen LogP contribution < -0.4 is 10.6 Å². The molecule has 1 aliphatic rings. The number of anilines is 1. The van der Waals surface area contributed by atoms with Crippen molar-refractivity contribution in [3.8, 4) is 0 Å². The van der Waals surface area contributed by atoms with E-state index in [0.29, 0.717) is 23.4 Å². The number of rotatable bonds is 7. The Hall–Kier alpha value is -1.44. The van der Waals surface area contributed by atoms with E-state index >= 15 is 0 Å². The molecular formula is C18H24N4OS2. The van der Waals surface area contributed by atoms with Crippen LogP contribution in [-0.4, -0.2) is 29.2 Å². The SMILES string of the molecule is CC(CC(=O)Nc1nnc(SCc2ccccc2)s1)C1CCCNC1. The van der Waals surface area contributed by atoms with Gasteiger partial charge in [-0.3, -0.25) is 4.79 Å². The molecule has 0 bridgehead atoms. The molecule has 0 aliphatic carbocycles. The molecule has 1 aromatic heterocycles. The molecule has 2 unspecified atom stereocenters. The molecule has 0 radical (unpaired) electrons. The number of carbonyl (C=O) groups is 1. The lowest BCUT2D eigenvalue weighted by Gasteiger charge is -2.27. The van der Waals surface area contributed by atoms with Gasteiger partial charge in [-0.2, -0.15) is 0 Å². The van der Waals surface area contributed by atoms with E-state index < -0.39 is 0 Å². The standard InChI is InChI=1S/C18H24N4OS2/c1-13(15-8-5-9-19-11-15)10-16(23)20-17-21-22-18(25-17)24-12-14-6-3-2-4-7-14/h2-4,6-7,13,15,19H,5,8-12H2,1H3,(H,20,21,23). The number of benzene rings is 1. The van der Waals surface area contributed by atoms with Crippen LogP contribution in [0.1, 0.15) is 31.7 Å². The highest BCUT2D eigenvalue weighted by Gasteiger charge is 2.22. The van der Waals surface area contributed by atoms with Gasteiger partial charge in [0.15, 0.2) is 4.34 Å². The molecule has 1 aromatic carbocycles. The molecule has 2 atom stereocenters. The molecule has 5 nitrogen and oxygen atoms in total. The number of hydrogen-bond acceptors (Lipinski definition) is 6. The third-order valence-electron chi connectivity index (χ3n) is 4.51. The lowest BCUT2D eigenvalue weighted by Crippen LogP contribution is -2.34. The Morgan fingerprint density at radius 1 is 1.40 bits per heavy atom. The van der Waals surface area contributed by atoms with Crippen LogP contribution in [-0.2, 0) is 10.5 Å². The Bertz CT molecular complexity index is 671. The first-order chi connectivity index (χ1) is 12.2. The zero-order valence-electron chi connectivity index (χ0n) is 14.4. The summed E-state index contributed by atoms with van der Waals surface area (Å²) in [5.41, 5.74) is 1.25. The molecule has 3 rings (SSSR count). The number of carbonyl (C=O) groups excluding carboxylic acids is 1. The van der Waals surface area contributed by atoms with Gasteiger partial charge in [-0.15, -0.1) is 10.2 Å². The van der Waals surface area contributed by atoms with Crippen molar-refractivity contribution in [1.82, 2.24) is 15.5 Å². The van der Waals surface area contributed by atoms with Crippen LogP contribution in [0.25, 0.3) is 0 Å². The maximum Gasteiger partial charge on any atom is 0.226 e.